The molecule has 0 fully saturated rings. The van der Waals surface area contributed by atoms with Crippen LogP contribution in [0, 0.1) is 6.92 Å². The smallest absolute Gasteiger partial charge is 0.0386 e. The minimum absolute atomic E-state index is 0.282. The fourth-order valence-corrected chi connectivity index (χ4v) is 2.81. The molecule has 4 heteroatoms. The molecule has 0 spiro atoms. The Kier molecular flexibility index (Phi) is 5.66. The van der Waals surface area contributed by atoms with Crippen LogP contribution in [0.25, 0.3) is 0 Å². The van der Waals surface area contributed by atoms with E-state index in [1.54, 1.807) is 6.26 Å². The first-order chi connectivity index (χ1) is 7.50. The molecule has 0 amide bonds. The molecule has 0 bridgehead atoms. The van der Waals surface area contributed by atoms with Crippen LogP contribution in [-0.2, 0) is 10.8 Å². The number of hydrogen-bond acceptors (Lipinski definition) is 3. The number of hydrogen-bond donors (Lipinski definition) is 1. The van der Waals surface area contributed by atoms with Gasteiger partial charge in [-0.2, -0.15) is 0 Å². The maximum atomic E-state index is 11.2. The van der Waals surface area contributed by atoms with E-state index in [4.69, 9.17) is 0 Å². The molecule has 92 valence electrons. The van der Waals surface area contributed by atoms with Crippen molar-refractivity contribution in [1.29, 1.82) is 0 Å². The minimum Gasteiger partial charge on any atom is -0.309 e. The molecule has 1 heterocycles. The summed E-state index contributed by atoms with van der Waals surface area (Å²) in [6, 6.07) is 4.73. The van der Waals surface area contributed by atoms with Crippen molar-refractivity contribution in [2.75, 3.05) is 12.8 Å². The van der Waals surface area contributed by atoms with E-state index in [1.807, 2.05) is 18.3 Å². The average Bonchev–Trinajstić information content (AvgIpc) is 2.64. The first-order valence-corrected chi connectivity index (χ1v) is 8.06. The van der Waals surface area contributed by atoms with Crippen LogP contribution in [0.3, 0.4) is 0 Å². The van der Waals surface area contributed by atoms with E-state index in [1.165, 1.54) is 9.75 Å². The molecule has 0 aromatic carbocycles. The van der Waals surface area contributed by atoms with Crippen LogP contribution in [0.2, 0.25) is 0 Å². The molecule has 2 nitrogen and oxygen atoms in total. The second-order valence-corrected chi connectivity index (χ2v) is 7.34. The Morgan fingerprint density at radius 1 is 1.44 bits per heavy atom. The van der Waals surface area contributed by atoms with Gasteiger partial charge < -0.3 is 5.32 Å². The van der Waals surface area contributed by atoms with E-state index in [-0.39, 0.29) is 5.25 Å². The zero-order valence-corrected chi connectivity index (χ0v) is 12.1. The topological polar surface area (TPSA) is 29.1 Å². The van der Waals surface area contributed by atoms with E-state index in [2.05, 4.69) is 31.3 Å². The van der Waals surface area contributed by atoms with Crippen molar-refractivity contribution in [3.63, 3.8) is 0 Å². The highest BCUT2D eigenvalue weighted by atomic mass is 32.2. The first-order valence-electron chi connectivity index (χ1n) is 5.62. The molecule has 0 saturated carbocycles. The highest BCUT2D eigenvalue weighted by Gasteiger charge is 2.09. The van der Waals surface area contributed by atoms with Gasteiger partial charge in [0.1, 0.15) is 0 Å². The molecular formula is C12H21NOS2. The van der Waals surface area contributed by atoms with Crippen LogP contribution in [0.4, 0.5) is 0 Å². The Balaban J connectivity index is 2.30. The molecule has 0 aliphatic carbocycles. The molecule has 0 radical (unpaired) electrons. The van der Waals surface area contributed by atoms with Crippen LogP contribution >= 0.6 is 11.3 Å². The third-order valence-corrected chi connectivity index (χ3v) is 5.31. The van der Waals surface area contributed by atoms with Crippen molar-refractivity contribution in [3.05, 3.63) is 21.9 Å². The van der Waals surface area contributed by atoms with Gasteiger partial charge in [0.25, 0.3) is 0 Å². The Morgan fingerprint density at radius 3 is 2.62 bits per heavy atom. The number of thiophene rings is 1. The monoisotopic (exact) mass is 259 g/mol. The zero-order valence-electron chi connectivity index (χ0n) is 10.4. The summed E-state index contributed by atoms with van der Waals surface area (Å²) >= 11 is 1.84. The third kappa shape index (κ3) is 4.36. The molecule has 0 saturated heterocycles. The molecule has 3 unspecified atom stereocenters. The van der Waals surface area contributed by atoms with Crippen LogP contribution in [-0.4, -0.2) is 22.3 Å². The highest BCUT2D eigenvalue weighted by molar-refractivity contribution is 7.84. The van der Waals surface area contributed by atoms with Crippen LogP contribution in [0.5, 0.6) is 0 Å². The fraction of sp³-hybridized carbons (Fsp3) is 0.667. The Hall–Kier alpha value is -0.190. The standard InChI is InChI=1S/C12H21NOS2/c1-9-5-6-12(15-9)11(3)13-8-7-10(2)16(4)14/h5-6,10-11,13H,7-8H2,1-4H3. The van der Waals surface area contributed by atoms with Gasteiger partial charge in [-0.25, -0.2) is 0 Å². The van der Waals surface area contributed by atoms with E-state index >= 15 is 0 Å². The van der Waals surface area contributed by atoms with Crippen molar-refractivity contribution in [2.24, 2.45) is 0 Å². The largest absolute Gasteiger partial charge is 0.309 e. The van der Waals surface area contributed by atoms with Gasteiger partial charge in [-0.15, -0.1) is 11.3 Å². The quantitative estimate of drug-likeness (QED) is 0.851. The summed E-state index contributed by atoms with van der Waals surface area (Å²) in [4.78, 5) is 2.73. The SMILES string of the molecule is Cc1ccc(C(C)NCCC(C)S(C)=O)s1. The van der Waals surface area contributed by atoms with Crippen molar-refractivity contribution in [2.45, 2.75) is 38.5 Å². The van der Waals surface area contributed by atoms with Crippen molar-refractivity contribution in [3.8, 4) is 0 Å². The average molecular weight is 259 g/mol. The molecule has 1 N–H and O–H groups in total. The molecule has 1 aromatic heterocycles. The summed E-state index contributed by atoms with van der Waals surface area (Å²) in [7, 11) is -0.703. The van der Waals surface area contributed by atoms with Gasteiger partial charge >= 0.3 is 0 Å². The fourth-order valence-electron chi connectivity index (χ4n) is 1.46. The Bertz CT molecular complexity index is 349. The van der Waals surface area contributed by atoms with Crippen molar-refractivity contribution >= 4 is 22.1 Å². The van der Waals surface area contributed by atoms with Gasteiger partial charge in [0.15, 0.2) is 0 Å². The van der Waals surface area contributed by atoms with E-state index in [0.717, 1.165) is 13.0 Å². The lowest BCUT2D eigenvalue weighted by atomic mass is 10.2. The summed E-state index contributed by atoms with van der Waals surface area (Å²) in [6.45, 7) is 7.28. The van der Waals surface area contributed by atoms with Crippen LogP contribution in [0.1, 0.15) is 36.1 Å². The summed E-state index contributed by atoms with van der Waals surface area (Å²) in [6.07, 6.45) is 2.74. The summed E-state index contributed by atoms with van der Waals surface area (Å²) in [5, 5.41) is 3.76. The summed E-state index contributed by atoms with van der Waals surface area (Å²) in [5.74, 6) is 0. The van der Waals surface area contributed by atoms with Crippen LogP contribution < -0.4 is 5.32 Å². The number of rotatable bonds is 6. The highest BCUT2D eigenvalue weighted by Crippen LogP contribution is 2.22. The third-order valence-electron chi connectivity index (χ3n) is 2.76. The predicted molar refractivity (Wildman–Crippen MR) is 73.6 cm³/mol. The number of nitrogens with one attached hydrogen (secondary N) is 1. The Labute approximate surface area is 105 Å². The van der Waals surface area contributed by atoms with Crippen molar-refractivity contribution in [1.82, 2.24) is 5.32 Å². The molecule has 0 aliphatic rings. The molecule has 3 atom stereocenters. The van der Waals surface area contributed by atoms with Gasteiger partial charge in [0.2, 0.25) is 0 Å². The van der Waals surface area contributed by atoms with Gasteiger partial charge in [-0.3, -0.25) is 4.21 Å². The van der Waals surface area contributed by atoms with Gasteiger partial charge in [-0.1, -0.05) is 6.92 Å². The molecule has 0 aliphatic heterocycles. The zero-order chi connectivity index (χ0) is 12.1. The van der Waals surface area contributed by atoms with Crippen molar-refractivity contribution < 1.29 is 4.21 Å². The van der Waals surface area contributed by atoms with Gasteiger partial charge in [0.05, 0.1) is 0 Å². The minimum atomic E-state index is -0.703. The van der Waals surface area contributed by atoms with Gasteiger partial charge in [0, 0.05) is 38.1 Å². The maximum Gasteiger partial charge on any atom is 0.0386 e. The lowest BCUT2D eigenvalue weighted by Gasteiger charge is -2.14. The second-order valence-electron chi connectivity index (χ2n) is 4.22. The maximum absolute atomic E-state index is 11.2. The first kappa shape index (κ1) is 13.9. The van der Waals surface area contributed by atoms with E-state index in [9.17, 15) is 4.21 Å². The predicted octanol–water partition coefficient (Wildman–Crippen LogP) is 2.86. The van der Waals surface area contributed by atoms with Gasteiger partial charge in [-0.05, 0) is 38.9 Å². The number of aryl methyl sites for hydroxylation is 1. The Morgan fingerprint density at radius 2 is 2.12 bits per heavy atom. The normalized spacial score (nSPS) is 17.0. The lowest BCUT2D eigenvalue weighted by molar-refractivity contribution is 0.560. The van der Waals surface area contributed by atoms with Crippen LogP contribution in [0.15, 0.2) is 12.1 Å². The summed E-state index contributed by atoms with van der Waals surface area (Å²) < 4.78 is 11.2. The van der Waals surface area contributed by atoms with E-state index < -0.39 is 10.8 Å². The van der Waals surface area contributed by atoms with E-state index in [0.29, 0.717) is 6.04 Å². The lowest BCUT2D eigenvalue weighted by Crippen LogP contribution is -2.23. The molecule has 16 heavy (non-hydrogen) atoms. The molecule has 1 aromatic rings. The molecule has 1 rings (SSSR count). The second kappa shape index (κ2) is 6.52. The summed E-state index contributed by atoms with van der Waals surface area (Å²) in [5.41, 5.74) is 0. The molecular weight excluding hydrogens is 238 g/mol.